The molecule has 0 heterocycles. The lowest BCUT2D eigenvalue weighted by Crippen LogP contribution is -2.12. The zero-order valence-electron chi connectivity index (χ0n) is 10.2. The molecule has 0 spiro atoms. The van der Waals surface area contributed by atoms with E-state index in [0.29, 0.717) is 17.8 Å². The van der Waals surface area contributed by atoms with Gasteiger partial charge < -0.3 is 10.4 Å². The average molecular weight is 245 g/mol. The van der Waals surface area contributed by atoms with Crippen LogP contribution in [0.2, 0.25) is 0 Å². The molecule has 0 radical (unpaired) electrons. The van der Waals surface area contributed by atoms with Gasteiger partial charge in [-0.25, -0.2) is 4.39 Å². The minimum absolute atomic E-state index is 0.241. The zero-order chi connectivity index (χ0) is 13.0. The highest BCUT2D eigenvalue weighted by Crippen LogP contribution is 2.16. The molecule has 0 aliphatic heterocycles. The predicted octanol–water partition coefficient (Wildman–Crippen LogP) is 3.28. The quantitative estimate of drug-likeness (QED) is 0.866. The molecule has 0 saturated heterocycles. The first-order valence-electron chi connectivity index (χ1n) is 5.90. The molecule has 2 aromatic carbocycles. The van der Waals surface area contributed by atoms with Crippen LogP contribution in [0.4, 0.5) is 10.1 Å². The summed E-state index contributed by atoms with van der Waals surface area (Å²) in [7, 11) is 0. The lowest BCUT2D eigenvalue weighted by molar-refractivity contribution is 0.191. The first-order chi connectivity index (χ1) is 8.66. The van der Waals surface area contributed by atoms with Gasteiger partial charge in [0.1, 0.15) is 5.82 Å². The third-order valence-corrected chi connectivity index (χ3v) is 2.86. The molecular weight excluding hydrogens is 229 g/mol. The number of aliphatic hydroxyl groups excluding tert-OH is 1. The van der Waals surface area contributed by atoms with Crippen LogP contribution in [0.25, 0.3) is 0 Å². The van der Waals surface area contributed by atoms with E-state index in [1.807, 2.05) is 30.3 Å². The van der Waals surface area contributed by atoms with Crippen LogP contribution in [-0.4, -0.2) is 11.7 Å². The normalized spacial score (nSPS) is 12.2. The zero-order valence-corrected chi connectivity index (χ0v) is 10.2. The lowest BCUT2D eigenvalue weighted by Gasteiger charge is -2.13. The molecule has 0 aliphatic carbocycles. The molecule has 2 nitrogen and oxygen atoms in total. The highest BCUT2D eigenvalue weighted by Gasteiger charge is 2.06. The summed E-state index contributed by atoms with van der Waals surface area (Å²) in [6.07, 6.45) is -0.601. The van der Waals surface area contributed by atoms with E-state index in [2.05, 4.69) is 5.32 Å². The Morgan fingerprint density at radius 2 is 1.89 bits per heavy atom. The molecule has 2 N–H and O–H groups in total. The van der Waals surface area contributed by atoms with Crippen molar-refractivity contribution in [3.63, 3.8) is 0 Å². The van der Waals surface area contributed by atoms with Gasteiger partial charge in [0, 0.05) is 12.2 Å². The van der Waals surface area contributed by atoms with E-state index in [4.69, 9.17) is 0 Å². The number of anilines is 1. The SMILES string of the molecule is Cc1ccc(NCC(O)c2ccccc2)cc1F. The molecule has 1 unspecified atom stereocenters. The molecule has 0 fully saturated rings. The molecule has 2 rings (SSSR count). The summed E-state index contributed by atoms with van der Waals surface area (Å²) in [6.45, 7) is 2.07. The smallest absolute Gasteiger partial charge is 0.128 e. The minimum Gasteiger partial charge on any atom is -0.387 e. The Labute approximate surface area is 106 Å². The van der Waals surface area contributed by atoms with E-state index in [1.54, 1.807) is 19.1 Å². The fourth-order valence-corrected chi connectivity index (χ4v) is 1.71. The summed E-state index contributed by atoms with van der Waals surface area (Å²) in [4.78, 5) is 0. The van der Waals surface area contributed by atoms with Gasteiger partial charge in [0.05, 0.1) is 6.10 Å². The second-order valence-corrected chi connectivity index (χ2v) is 4.27. The maximum atomic E-state index is 13.3. The average Bonchev–Trinajstić information content (AvgIpc) is 2.41. The highest BCUT2D eigenvalue weighted by molar-refractivity contribution is 5.45. The maximum absolute atomic E-state index is 13.3. The van der Waals surface area contributed by atoms with Crippen molar-refractivity contribution in [1.29, 1.82) is 0 Å². The molecule has 0 amide bonds. The topological polar surface area (TPSA) is 32.3 Å². The second-order valence-electron chi connectivity index (χ2n) is 4.27. The van der Waals surface area contributed by atoms with Crippen LogP contribution in [-0.2, 0) is 0 Å². The van der Waals surface area contributed by atoms with Crippen molar-refractivity contribution in [3.05, 3.63) is 65.5 Å². The van der Waals surface area contributed by atoms with Crippen LogP contribution in [0, 0.1) is 12.7 Å². The molecular formula is C15H16FNO. The predicted molar refractivity (Wildman–Crippen MR) is 71.0 cm³/mol. The van der Waals surface area contributed by atoms with Crippen molar-refractivity contribution >= 4 is 5.69 Å². The number of nitrogens with one attached hydrogen (secondary N) is 1. The van der Waals surface area contributed by atoms with Gasteiger partial charge >= 0.3 is 0 Å². The molecule has 94 valence electrons. The van der Waals surface area contributed by atoms with Crippen LogP contribution in [0.15, 0.2) is 48.5 Å². The first-order valence-corrected chi connectivity index (χ1v) is 5.90. The van der Waals surface area contributed by atoms with Crippen molar-refractivity contribution in [3.8, 4) is 0 Å². The Morgan fingerprint density at radius 3 is 2.56 bits per heavy atom. The van der Waals surface area contributed by atoms with E-state index < -0.39 is 6.10 Å². The molecule has 1 atom stereocenters. The van der Waals surface area contributed by atoms with Gasteiger partial charge in [-0.2, -0.15) is 0 Å². The molecule has 0 bridgehead atoms. The molecule has 3 heteroatoms. The van der Waals surface area contributed by atoms with Gasteiger partial charge in [-0.05, 0) is 30.2 Å². The standard InChI is InChI=1S/C15H16FNO/c1-11-7-8-13(9-14(11)16)17-10-15(18)12-5-3-2-4-6-12/h2-9,15,17-18H,10H2,1H3. The highest BCUT2D eigenvalue weighted by atomic mass is 19.1. The van der Waals surface area contributed by atoms with E-state index in [0.717, 1.165) is 5.56 Å². The third kappa shape index (κ3) is 3.08. The van der Waals surface area contributed by atoms with Crippen LogP contribution in [0.1, 0.15) is 17.2 Å². The van der Waals surface area contributed by atoms with Gasteiger partial charge in [0.15, 0.2) is 0 Å². The Kier molecular flexibility index (Phi) is 3.95. The number of halogens is 1. The monoisotopic (exact) mass is 245 g/mol. The fourth-order valence-electron chi connectivity index (χ4n) is 1.71. The van der Waals surface area contributed by atoms with Gasteiger partial charge in [-0.3, -0.25) is 0 Å². The third-order valence-electron chi connectivity index (χ3n) is 2.86. The van der Waals surface area contributed by atoms with Crippen molar-refractivity contribution in [2.24, 2.45) is 0 Å². The summed E-state index contributed by atoms with van der Waals surface area (Å²) in [5.41, 5.74) is 2.13. The lowest BCUT2D eigenvalue weighted by atomic mass is 10.1. The molecule has 2 aromatic rings. The maximum Gasteiger partial charge on any atom is 0.128 e. The van der Waals surface area contributed by atoms with E-state index >= 15 is 0 Å². The molecule has 0 aliphatic rings. The van der Waals surface area contributed by atoms with Crippen molar-refractivity contribution in [2.75, 3.05) is 11.9 Å². The number of hydrogen-bond acceptors (Lipinski definition) is 2. The summed E-state index contributed by atoms with van der Waals surface area (Å²) in [5.74, 6) is -0.241. The minimum atomic E-state index is -0.601. The van der Waals surface area contributed by atoms with Crippen LogP contribution in [0.5, 0.6) is 0 Å². The van der Waals surface area contributed by atoms with E-state index in [9.17, 15) is 9.50 Å². The van der Waals surface area contributed by atoms with Crippen LogP contribution < -0.4 is 5.32 Å². The first kappa shape index (κ1) is 12.6. The van der Waals surface area contributed by atoms with E-state index in [1.165, 1.54) is 6.07 Å². The van der Waals surface area contributed by atoms with Gasteiger partial charge in [0.25, 0.3) is 0 Å². The molecule has 0 aromatic heterocycles. The largest absolute Gasteiger partial charge is 0.387 e. The van der Waals surface area contributed by atoms with Gasteiger partial charge in [-0.1, -0.05) is 36.4 Å². The summed E-state index contributed by atoms with van der Waals surface area (Å²) >= 11 is 0. The number of hydrogen-bond donors (Lipinski definition) is 2. The fraction of sp³-hybridized carbons (Fsp3) is 0.200. The number of aryl methyl sites for hydroxylation is 1. The van der Waals surface area contributed by atoms with Crippen LogP contribution >= 0.6 is 0 Å². The molecule has 18 heavy (non-hydrogen) atoms. The number of rotatable bonds is 4. The Morgan fingerprint density at radius 1 is 1.17 bits per heavy atom. The van der Waals surface area contributed by atoms with Gasteiger partial charge in [-0.15, -0.1) is 0 Å². The Balaban J connectivity index is 1.97. The van der Waals surface area contributed by atoms with Gasteiger partial charge in [0.2, 0.25) is 0 Å². The Hall–Kier alpha value is -1.87. The van der Waals surface area contributed by atoms with Crippen molar-refractivity contribution < 1.29 is 9.50 Å². The molecule has 0 saturated carbocycles. The summed E-state index contributed by atoms with van der Waals surface area (Å²) in [6, 6.07) is 14.3. The summed E-state index contributed by atoms with van der Waals surface area (Å²) < 4.78 is 13.3. The van der Waals surface area contributed by atoms with Crippen LogP contribution in [0.3, 0.4) is 0 Å². The summed E-state index contributed by atoms with van der Waals surface area (Å²) in [5, 5.41) is 13.0. The number of benzene rings is 2. The van der Waals surface area contributed by atoms with Crippen molar-refractivity contribution in [1.82, 2.24) is 0 Å². The Bertz CT molecular complexity index is 513. The van der Waals surface area contributed by atoms with Crippen molar-refractivity contribution in [2.45, 2.75) is 13.0 Å². The number of aliphatic hydroxyl groups is 1. The second kappa shape index (κ2) is 5.65. The van der Waals surface area contributed by atoms with E-state index in [-0.39, 0.29) is 5.82 Å².